The van der Waals surface area contributed by atoms with Crippen LogP contribution in [0.25, 0.3) is 0 Å². The van der Waals surface area contributed by atoms with Gasteiger partial charge in [0.25, 0.3) is 0 Å². The molecule has 0 aliphatic carbocycles. The smallest absolute Gasteiger partial charge is 0.127 e. The lowest BCUT2D eigenvalue weighted by Crippen LogP contribution is -2.42. The topological polar surface area (TPSA) is 45.5 Å². The van der Waals surface area contributed by atoms with Crippen molar-refractivity contribution in [1.82, 2.24) is 4.90 Å². The minimum Gasteiger partial charge on any atom is -0.493 e. The van der Waals surface area contributed by atoms with Crippen LogP contribution in [0.3, 0.4) is 0 Å². The van der Waals surface area contributed by atoms with Crippen molar-refractivity contribution in [1.29, 1.82) is 5.26 Å². The van der Waals surface area contributed by atoms with Gasteiger partial charge < -0.3 is 9.47 Å². The van der Waals surface area contributed by atoms with Gasteiger partial charge in [-0.15, -0.1) is 0 Å². The molecule has 0 radical (unpaired) electrons. The zero-order valence-electron chi connectivity index (χ0n) is 11.5. The third-order valence-electron chi connectivity index (χ3n) is 3.27. The Morgan fingerprint density at radius 2 is 2.32 bits per heavy atom. The highest BCUT2D eigenvalue weighted by atomic mass is 16.5. The lowest BCUT2D eigenvalue weighted by Gasteiger charge is -2.34. The first-order valence-corrected chi connectivity index (χ1v) is 6.73. The van der Waals surface area contributed by atoms with E-state index in [2.05, 4.69) is 11.0 Å². The van der Waals surface area contributed by atoms with E-state index in [0.29, 0.717) is 13.2 Å². The quantitative estimate of drug-likeness (QED) is 0.833. The lowest BCUT2D eigenvalue weighted by molar-refractivity contribution is -0.0271. The van der Waals surface area contributed by atoms with E-state index >= 15 is 0 Å². The third kappa shape index (κ3) is 3.25. The summed E-state index contributed by atoms with van der Waals surface area (Å²) in [6.07, 6.45) is 0.170. The third-order valence-corrected chi connectivity index (χ3v) is 3.27. The zero-order valence-corrected chi connectivity index (χ0v) is 11.5. The Morgan fingerprint density at radius 3 is 3.00 bits per heavy atom. The molecule has 1 aromatic carbocycles. The maximum atomic E-state index is 9.52. The summed E-state index contributed by atoms with van der Waals surface area (Å²) in [5, 5.41) is 9.52. The number of rotatable bonds is 4. The van der Waals surface area contributed by atoms with Gasteiger partial charge in [0.15, 0.2) is 0 Å². The van der Waals surface area contributed by atoms with Crippen molar-refractivity contribution in [3.63, 3.8) is 0 Å². The van der Waals surface area contributed by atoms with Gasteiger partial charge in [0.05, 0.1) is 25.4 Å². The minimum absolute atomic E-state index is 0.170. The molecule has 1 aliphatic rings. The molecule has 1 heterocycles. The number of hydrogen-bond acceptors (Lipinski definition) is 4. The monoisotopic (exact) mass is 260 g/mol. The highest BCUT2D eigenvalue weighted by Gasteiger charge is 2.27. The van der Waals surface area contributed by atoms with Crippen LogP contribution in [0.1, 0.15) is 25.5 Å². The Hall–Kier alpha value is -1.57. The largest absolute Gasteiger partial charge is 0.493 e. The molecule has 2 atom stereocenters. The normalized spacial score (nSPS) is 21.6. The number of nitriles is 1. The second-order valence-corrected chi connectivity index (χ2v) is 4.68. The molecule has 1 aliphatic heterocycles. The van der Waals surface area contributed by atoms with E-state index in [1.165, 1.54) is 0 Å². The summed E-state index contributed by atoms with van der Waals surface area (Å²) < 4.78 is 11.2. The molecule has 0 saturated carbocycles. The van der Waals surface area contributed by atoms with Crippen LogP contribution in [0.4, 0.5) is 0 Å². The van der Waals surface area contributed by atoms with E-state index in [-0.39, 0.29) is 12.1 Å². The summed E-state index contributed by atoms with van der Waals surface area (Å²) >= 11 is 0. The Morgan fingerprint density at radius 1 is 1.53 bits per heavy atom. The number of ether oxygens (including phenoxy) is 2. The average Bonchev–Trinajstić information content (AvgIpc) is 2.42. The van der Waals surface area contributed by atoms with Crippen LogP contribution in [0.15, 0.2) is 24.3 Å². The van der Waals surface area contributed by atoms with Crippen LogP contribution in [0.5, 0.6) is 5.75 Å². The van der Waals surface area contributed by atoms with Gasteiger partial charge in [-0.2, -0.15) is 5.26 Å². The SMILES string of the molecule is CCOc1ccccc1C(C#N)N1CCOC(C)C1. The van der Waals surface area contributed by atoms with Crippen molar-refractivity contribution in [3.05, 3.63) is 29.8 Å². The van der Waals surface area contributed by atoms with E-state index in [9.17, 15) is 5.26 Å². The van der Waals surface area contributed by atoms with Crippen LogP contribution in [-0.4, -0.2) is 37.3 Å². The molecular formula is C15H20N2O2. The predicted octanol–water partition coefficient (Wildman–Crippen LogP) is 2.37. The minimum atomic E-state index is -0.269. The molecule has 0 spiro atoms. The molecular weight excluding hydrogens is 240 g/mol. The van der Waals surface area contributed by atoms with E-state index in [0.717, 1.165) is 24.4 Å². The molecule has 4 nitrogen and oxygen atoms in total. The van der Waals surface area contributed by atoms with Gasteiger partial charge in [0.1, 0.15) is 11.8 Å². The summed E-state index contributed by atoms with van der Waals surface area (Å²) in [6, 6.07) is 9.91. The molecule has 0 amide bonds. The van der Waals surface area contributed by atoms with Crippen molar-refractivity contribution in [3.8, 4) is 11.8 Å². The molecule has 0 aromatic heterocycles. The number of nitrogens with zero attached hydrogens (tertiary/aromatic N) is 2. The second-order valence-electron chi connectivity index (χ2n) is 4.68. The average molecular weight is 260 g/mol. The molecule has 1 fully saturated rings. The Kier molecular flexibility index (Phi) is 4.78. The van der Waals surface area contributed by atoms with E-state index in [4.69, 9.17) is 9.47 Å². The lowest BCUT2D eigenvalue weighted by atomic mass is 10.0. The van der Waals surface area contributed by atoms with Crippen molar-refractivity contribution in [2.45, 2.75) is 26.0 Å². The summed E-state index contributed by atoms with van der Waals surface area (Å²) in [7, 11) is 0. The molecule has 0 bridgehead atoms. The summed E-state index contributed by atoms with van der Waals surface area (Å²) in [4.78, 5) is 2.16. The van der Waals surface area contributed by atoms with E-state index < -0.39 is 0 Å². The number of para-hydroxylation sites is 1. The molecule has 19 heavy (non-hydrogen) atoms. The predicted molar refractivity (Wildman–Crippen MR) is 73.0 cm³/mol. The standard InChI is InChI=1S/C15H20N2O2/c1-3-18-15-7-5-4-6-13(15)14(10-16)17-8-9-19-12(2)11-17/h4-7,12,14H,3,8-9,11H2,1-2H3. The zero-order chi connectivity index (χ0) is 13.7. The molecule has 1 aromatic rings. The number of hydrogen-bond donors (Lipinski definition) is 0. The molecule has 0 N–H and O–H groups in total. The summed E-state index contributed by atoms with van der Waals surface area (Å²) in [5.74, 6) is 0.802. The first-order valence-electron chi connectivity index (χ1n) is 6.73. The highest BCUT2D eigenvalue weighted by Crippen LogP contribution is 2.30. The Labute approximate surface area is 114 Å². The molecule has 1 saturated heterocycles. The summed E-state index contributed by atoms with van der Waals surface area (Å²) in [6.45, 7) is 6.83. The van der Waals surface area contributed by atoms with E-state index in [1.54, 1.807) is 0 Å². The van der Waals surface area contributed by atoms with E-state index in [1.807, 2.05) is 38.1 Å². The summed E-state index contributed by atoms with van der Waals surface area (Å²) in [5.41, 5.74) is 0.945. The maximum Gasteiger partial charge on any atom is 0.127 e. The van der Waals surface area contributed by atoms with Crippen molar-refractivity contribution in [2.24, 2.45) is 0 Å². The van der Waals surface area contributed by atoms with Gasteiger partial charge in [0, 0.05) is 18.7 Å². The first kappa shape index (κ1) is 13.9. The van der Waals surface area contributed by atoms with Crippen LogP contribution in [-0.2, 0) is 4.74 Å². The Bertz CT molecular complexity index is 456. The van der Waals surface area contributed by atoms with Crippen molar-refractivity contribution < 1.29 is 9.47 Å². The maximum absolute atomic E-state index is 9.52. The van der Waals surface area contributed by atoms with Gasteiger partial charge in [-0.3, -0.25) is 4.90 Å². The second kappa shape index (κ2) is 6.55. The van der Waals surface area contributed by atoms with Crippen molar-refractivity contribution in [2.75, 3.05) is 26.3 Å². The van der Waals surface area contributed by atoms with Gasteiger partial charge in [-0.05, 0) is 19.9 Å². The van der Waals surface area contributed by atoms with Crippen LogP contribution in [0.2, 0.25) is 0 Å². The fourth-order valence-electron chi connectivity index (χ4n) is 2.42. The molecule has 4 heteroatoms. The number of morpholine rings is 1. The molecule has 2 rings (SSSR count). The van der Waals surface area contributed by atoms with Crippen LogP contribution in [0, 0.1) is 11.3 Å². The van der Waals surface area contributed by atoms with Gasteiger partial charge in [-0.1, -0.05) is 18.2 Å². The highest BCUT2D eigenvalue weighted by molar-refractivity contribution is 5.38. The van der Waals surface area contributed by atoms with Gasteiger partial charge in [-0.25, -0.2) is 0 Å². The van der Waals surface area contributed by atoms with Crippen LogP contribution >= 0.6 is 0 Å². The fraction of sp³-hybridized carbons (Fsp3) is 0.533. The number of benzene rings is 1. The van der Waals surface area contributed by atoms with Gasteiger partial charge >= 0.3 is 0 Å². The van der Waals surface area contributed by atoms with Crippen LogP contribution < -0.4 is 4.74 Å². The molecule has 2 unspecified atom stereocenters. The fourth-order valence-corrected chi connectivity index (χ4v) is 2.42. The Balaban J connectivity index is 2.24. The molecule has 102 valence electrons. The first-order chi connectivity index (χ1) is 9.26. The van der Waals surface area contributed by atoms with Gasteiger partial charge in [0.2, 0.25) is 0 Å². The van der Waals surface area contributed by atoms with Crippen molar-refractivity contribution >= 4 is 0 Å².